The molecule has 21 heavy (non-hydrogen) atoms. The van der Waals surface area contributed by atoms with Gasteiger partial charge in [-0.15, -0.1) is 0 Å². The average Bonchev–Trinajstić information content (AvgIpc) is 2.44. The first-order valence-corrected chi connectivity index (χ1v) is 7.28. The van der Waals surface area contributed by atoms with Gasteiger partial charge in [-0.1, -0.05) is 13.8 Å². The molecule has 1 fully saturated rings. The zero-order valence-corrected chi connectivity index (χ0v) is 13.1. The number of anilines is 2. The lowest BCUT2D eigenvalue weighted by Gasteiger charge is -2.31. The molecule has 1 aromatic heterocycles. The van der Waals surface area contributed by atoms with E-state index in [1.165, 1.54) is 0 Å². The van der Waals surface area contributed by atoms with Crippen LogP contribution in [0.5, 0.6) is 0 Å². The number of aromatic nitrogens is 2. The maximum absolute atomic E-state index is 11.5. The number of likely N-dealkylation sites (N-methyl/N-ethyl adjacent to an activating group) is 1. The summed E-state index contributed by atoms with van der Waals surface area (Å²) in [6.07, 6.45) is 1.38. The van der Waals surface area contributed by atoms with Crippen molar-refractivity contribution in [2.75, 3.05) is 24.3 Å². The molecule has 1 saturated heterocycles. The van der Waals surface area contributed by atoms with Gasteiger partial charge in [0.2, 0.25) is 5.91 Å². The first kappa shape index (κ1) is 15.5. The Morgan fingerprint density at radius 1 is 1.33 bits per heavy atom. The summed E-state index contributed by atoms with van der Waals surface area (Å²) in [7, 11) is 1.83. The Bertz CT molecular complexity index is 530. The van der Waals surface area contributed by atoms with Crippen LogP contribution in [0.3, 0.4) is 0 Å². The highest BCUT2D eigenvalue weighted by Gasteiger charge is 2.24. The van der Waals surface area contributed by atoms with Crippen LogP contribution in [-0.2, 0) is 4.79 Å². The van der Waals surface area contributed by atoms with Gasteiger partial charge in [0.1, 0.15) is 17.5 Å². The summed E-state index contributed by atoms with van der Waals surface area (Å²) >= 11 is 0. The van der Waals surface area contributed by atoms with Gasteiger partial charge in [0, 0.05) is 37.5 Å². The Labute approximate surface area is 125 Å². The van der Waals surface area contributed by atoms with Crippen molar-refractivity contribution in [3.8, 4) is 0 Å². The number of rotatable bonds is 4. The Kier molecular flexibility index (Phi) is 4.62. The van der Waals surface area contributed by atoms with Gasteiger partial charge in [0.15, 0.2) is 0 Å². The lowest BCUT2D eigenvalue weighted by atomic mass is 10.1. The quantitative estimate of drug-likeness (QED) is 0.570. The molecule has 0 aliphatic carbocycles. The summed E-state index contributed by atoms with van der Waals surface area (Å²) in [6, 6.07) is 0.201. The van der Waals surface area contributed by atoms with Gasteiger partial charge in [0.05, 0.1) is 0 Å². The topological polar surface area (TPSA) is 96.2 Å². The Morgan fingerprint density at radius 2 is 2.00 bits per heavy atom. The number of carbonyl (C=O) groups excluding carboxylic acids is 1. The number of nitrogens with two attached hydrogens (primary N) is 1. The highest BCUT2D eigenvalue weighted by molar-refractivity contribution is 5.77. The van der Waals surface area contributed by atoms with E-state index >= 15 is 0 Å². The number of hydrogen-bond acceptors (Lipinski definition) is 6. The van der Waals surface area contributed by atoms with Gasteiger partial charge in [0.25, 0.3) is 0 Å². The van der Waals surface area contributed by atoms with Crippen LogP contribution in [0.2, 0.25) is 0 Å². The molecule has 1 aromatic rings. The number of likely N-dealkylation sites (tertiary alicyclic amines) is 1. The predicted molar refractivity (Wildman–Crippen MR) is 82.9 cm³/mol. The Balaban J connectivity index is 2.22. The first-order valence-electron chi connectivity index (χ1n) is 7.28. The second kappa shape index (κ2) is 6.26. The number of carbonyl (C=O) groups is 1. The third-order valence-corrected chi connectivity index (χ3v) is 3.78. The van der Waals surface area contributed by atoms with Crippen molar-refractivity contribution in [1.29, 1.82) is 0 Å². The van der Waals surface area contributed by atoms with Crippen LogP contribution in [0, 0.1) is 6.92 Å². The van der Waals surface area contributed by atoms with E-state index in [-0.39, 0.29) is 17.9 Å². The molecule has 0 radical (unpaired) electrons. The minimum Gasteiger partial charge on any atom is -0.365 e. The number of hydrazine groups is 1. The number of hydrogen-bond donors (Lipinski definition) is 3. The SMILES string of the molecule is Cc1c(NN)nc(C(C)C)nc1NC1CCC(=O)N(C)C1. The fourth-order valence-corrected chi connectivity index (χ4v) is 2.40. The van der Waals surface area contributed by atoms with Gasteiger partial charge in [-0.2, -0.15) is 0 Å². The third kappa shape index (κ3) is 3.41. The predicted octanol–water partition coefficient (Wildman–Crippen LogP) is 1.23. The zero-order chi connectivity index (χ0) is 15.6. The van der Waals surface area contributed by atoms with E-state index < -0.39 is 0 Å². The maximum atomic E-state index is 11.5. The van der Waals surface area contributed by atoms with Crippen molar-refractivity contribution in [3.63, 3.8) is 0 Å². The minimum atomic E-state index is 0.194. The van der Waals surface area contributed by atoms with E-state index in [1.807, 2.05) is 27.8 Å². The summed E-state index contributed by atoms with van der Waals surface area (Å²) < 4.78 is 0. The number of nitrogens with one attached hydrogen (secondary N) is 2. The number of nitrogen functional groups attached to an aromatic ring is 1. The highest BCUT2D eigenvalue weighted by atomic mass is 16.2. The van der Waals surface area contributed by atoms with Crippen molar-refractivity contribution >= 4 is 17.5 Å². The molecular formula is C14H24N6O. The molecule has 116 valence electrons. The third-order valence-electron chi connectivity index (χ3n) is 3.78. The average molecular weight is 292 g/mol. The van der Waals surface area contributed by atoms with E-state index in [0.717, 1.165) is 23.6 Å². The normalized spacial score (nSPS) is 19.0. The van der Waals surface area contributed by atoms with E-state index in [1.54, 1.807) is 4.90 Å². The molecule has 0 saturated carbocycles. The Morgan fingerprint density at radius 3 is 2.57 bits per heavy atom. The fourth-order valence-electron chi connectivity index (χ4n) is 2.40. The first-order chi connectivity index (χ1) is 9.92. The standard InChI is InChI=1S/C14H24N6O/c1-8(2)12-17-13(9(3)14(18-12)19-15)16-10-5-6-11(21)20(4)7-10/h8,10H,5-7,15H2,1-4H3,(H2,16,17,18,19). The van der Waals surface area contributed by atoms with Gasteiger partial charge < -0.3 is 15.6 Å². The van der Waals surface area contributed by atoms with Gasteiger partial charge in [-0.3, -0.25) is 4.79 Å². The molecule has 1 aliphatic heterocycles. The van der Waals surface area contributed by atoms with Crippen LogP contribution in [-0.4, -0.2) is 40.4 Å². The van der Waals surface area contributed by atoms with Crippen molar-refractivity contribution < 1.29 is 4.79 Å². The van der Waals surface area contributed by atoms with Crippen LogP contribution >= 0.6 is 0 Å². The summed E-state index contributed by atoms with van der Waals surface area (Å²) in [5.41, 5.74) is 3.52. The van der Waals surface area contributed by atoms with Crippen LogP contribution in [0.25, 0.3) is 0 Å². The van der Waals surface area contributed by atoms with E-state index in [4.69, 9.17) is 5.84 Å². The summed E-state index contributed by atoms with van der Waals surface area (Å²) in [6.45, 7) is 6.70. The molecule has 0 spiro atoms. The van der Waals surface area contributed by atoms with Gasteiger partial charge >= 0.3 is 0 Å². The number of amides is 1. The van der Waals surface area contributed by atoms with Crippen LogP contribution in [0.1, 0.15) is 44.0 Å². The van der Waals surface area contributed by atoms with E-state index in [0.29, 0.717) is 18.8 Å². The number of piperidine rings is 1. The molecule has 2 rings (SSSR count). The molecule has 1 amide bonds. The molecular weight excluding hydrogens is 268 g/mol. The summed E-state index contributed by atoms with van der Waals surface area (Å²) in [4.78, 5) is 22.3. The molecule has 7 heteroatoms. The lowest BCUT2D eigenvalue weighted by molar-refractivity contribution is -0.132. The van der Waals surface area contributed by atoms with Crippen molar-refractivity contribution in [2.24, 2.45) is 5.84 Å². The lowest BCUT2D eigenvalue weighted by Crippen LogP contribution is -2.43. The molecule has 0 aromatic carbocycles. The molecule has 1 unspecified atom stereocenters. The van der Waals surface area contributed by atoms with E-state index in [9.17, 15) is 4.79 Å². The van der Waals surface area contributed by atoms with Gasteiger partial charge in [-0.25, -0.2) is 15.8 Å². The fraction of sp³-hybridized carbons (Fsp3) is 0.643. The van der Waals surface area contributed by atoms with Crippen LogP contribution < -0.4 is 16.6 Å². The Hall–Kier alpha value is -1.89. The number of nitrogens with zero attached hydrogens (tertiary/aromatic N) is 3. The molecule has 0 bridgehead atoms. The smallest absolute Gasteiger partial charge is 0.222 e. The maximum Gasteiger partial charge on any atom is 0.222 e. The molecule has 4 N–H and O–H groups in total. The van der Waals surface area contributed by atoms with Crippen molar-refractivity contribution in [2.45, 2.75) is 45.6 Å². The van der Waals surface area contributed by atoms with Crippen LogP contribution in [0.15, 0.2) is 0 Å². The summed E-state index contributed by atoms with van der Waals surface area (Å²) in [5.74, 6) is 8.12. The molecule has 2 heterocycles. The second-order valence-corrected chi connectivity index (χ2v) is 5.86. The molecule has 1 aliphatic rings. The van der Waals surface area contributed by atoms with Crippen molar-refractivity contribution in [3.05, 3.63) is 11.4 Å². The van der Waals surface area contributed by atoms with Gasteiger partial charge in [-0.05, 0) is 13.3 Å². The van der Waals surface area contributed by atoms with E-state index in [2.05, 4.69) is 20.7 Å². The summed E-state index contributed by atoms with van der Waals surface area (Å²) in [5, 5.41) is 3.43. The van der Waals surface area contributed by atoms with Crippen LogP contribution in [0.4, 0.5) is 11.6 Å². The molecule has 1 atom stereocenters. The van der Waals surface area contributed by atoms with Crippen molar-refractivity contribution in [1.82, 2.24) is 14.9 Å². The second-order valence-electron chi connectivity index (χ2n) is 5.86. The monoisotopic (exact) mass is 292 g/mol. The largest absolute Gasteiger partial charge is 0.365 e. The zero-order valence-electron chi connectivity index (χ0n) is 13.1. The minimum absolute atomic E-state index is 0.194. The molecule has 7 nitrogen and oxygen atoms in total. The highest BCUT2D eigenvalue weighted by Crippen LogP contribution is 2.24.